The van der Waals surface area contributed by atoms with Gasteiger partial charge in [-0.2, -0.15) is 0 Å². The normalized spacial score (nSPS) is 11.6. The van der Waals surface area contributed by atoms with Crippen LogP contribution >= 0.6 is 0 Å². The van der Waals surface area contributed by atoms with Crippen LogP contribution in [0.3, 0.4) is 0 Å². The number of rotatable bonds is 4. The third kappa shape index (κ3) is 2.64. The number of carbonyl (C=O) groups is 1. The van der Waals surface area contributed by atoms with Gasteiger partial charge < -0.3 is 5.73 Å². The molecule has 0 bridgehead atoms. The van der Waals surface area contributed by atoms with Gasteiger partial charge in [-0.15, -0.1) is 0 Å². The fourth-order valence-corrected chi connectivity index (χ4v) is 1.21. The summed E-state index contributed by atoms with van der Waals surface area (Å²) >= 11 is 0. The summed E-state index contributed by atoms with van der Waals surface area (Å²) in [5.74, 6) is -2.08. The van der Waals surface area contributed by atoms with Gasteiger partial charge in [-0.1, -0.05) is 26.0 Å². The zero-order chi connectivity index (χ0) is 12.3. The van der Waals surface area contributed by atoms with Gasteiger partial charge >= 0.3 is 0 Å². The van der Waals surface area contributed by atoms with Crippen LogP contribution < -0.4 is 5.73 Å². The molecule has 0 aliphatic heterocycles. The van der Waals surface area contributed by atoms with E-state index in [9.17, 15) is 13.6 Å². The minimum atomic E-state index is -0.955. The Kier molecular flexibility index (Phi) is 3.75. The fraction of sp³-hybridized carbons (Fsp3) is 0.417. The van der Waals surface area contributed by atoms with Crippen molar-refractivity contribution < 1.29 is 13.6 Å². The molecule has 0 radical (unpaired) electrons. The number of Topliss-reactive ketones (excluding diaryl/α,β-unsaturated/α-hetero) is 1. The molecule has 0 heterocycles. The van der Waals surface area contributed by atoms with Gasteiger partial charge in [0, 0.05) is 18.4 Å². The Hall–Kier alpha value is -1.29. The maximum Gasteiger partial charge on any atom is 0.162 e. The zero-order valence-electron chi connectivity index (χ0n) is 9.39. The average molecular weight is 227 g/mol. The summed E-state index contributed by atoms with van der Waals surface area (Å²) in [6.45, 7) is 3.56. The van der Waals surface area contributed by atoms with Gasteiger partial charge in [0.05, 0.1) is 0 Å². The summed E-state index contributed by atoms with van der Waals surface area (Å²) in [5.41, 5.74) is 4.81. The van der Waals surface area contributed by atoms with E-state index in [1.165, 1.54) is 12.1 Å². The smallest absolute Gasteiger partial charge is 0.162 e. The minimum Gasteiger partial charge on any atom is -0.329 e. The molecule has 16 heavy (non-hydrogen) atoms. The van der Waals surface area contributed by atoms with Gasteiger partial charge in [-0.25, -0.2) is 8.78 Å². The predicted molar refractivity (Wildman–Crippen MR) is 57.9 cm³/mol. The monoisotopic (exact) mass is 227 g/mol. The average Bonchev–Trinajstić information content (AvgIpc) is 2.24. The fourth-order valence-electron chi connectivity index (χ4n) is 1.21. The number of carbonyl (C=O) groups excluding carboxylic acids is 1. The van der Waals surface area contributed by atoms with Crippen LogP contribution in [0.25, 0.3) is 0 Å². The molecule has 88 valence electrons. The molecule has 0 aliphatic carbocycles. The number of benzene rings is 1. The van der Waals surface area contributed by atoms with Crippen LogP contribution in [0, 0.1) is 17.0 Å². The maximum atomic E-state index is 13.3. The van der Waals surface area contributed by atoms with Crippen LogP contribution in [0.2, 0.25) is 0 Å². The molecule has 1 aromatic carbocycles. The van der Waals surface area contributed by atoms with Crippen molar-refractivity contribution in [3.8, 4) is 0 Å². The van der Waals surface area contributed by atoms with Gasteiger partial charge in [0.2, 0.25) is 0 Å². The first-order valence-corrected chi connectivity index (χ1v) is 5.05. The number of hydrogen-bond donors (Lipinski definition) is 1. The van der Waals surface area contributed by atoms with Crippen LogP contribution in [-0.2, 0) is 11.2 Å². The summed E-state index contributed by atoms with van der Waals surface area (Å²) in [4.78, 5) is 11.8. The first kappa shape index (κ1) is 12.8. The van der Waals surface area contributed by atoms with Crippen molar-refractivity contribution in [1.29, 1.82) is 0 Å². The summed E-state index contributed by atoms with van der Waals surface area (Å²) in [6, 6.07) is 3.82. The molecule has 0 aliphatic rings. The summed E-state index contributed by atoms with van der Waals surface area (Å²) in [6.07, 6.45) is -0.131. The highest BCUT2D eigenvalue weighted by atomic mass is 19.2. The molecule has 2 nitrogen and oxygen atoms in total. The van der Waals surface area contributed by atoms with Crippen molar-refractivity contribution >= 4 is 5.78 Å². The Morgan fingerprint density at radius 3 is 2.56 bits per heavy atom. The highest BCUT2D eigenvalue weighted by Crippen LogP contribution is 2.19. The molecule has 0 saturated carbocycles. The molecule has 1 rings (SSSR count). The number of ketones is 1. The Morgan fingerprint density at radius 1 is 1.38 bits per heavy atom. The topological polar surface area (TPSA) is 43.1 Å². The van der Waals surface area contributed by atoms with Crippen LogP contribution in [0.5, 0.6) is 0 Å². The van der Waals surface area contributed by atoms with Gasteiger partial charge in [-0.05, 0) is 11.6 Å². The van der Waals surface area contributed by atoms with Gasteiger partial charge in [0.15, 0.2) is 11.6 Å². The van der Waals surface area contributed by atoms with Crippen molar-refractivity contribution in [1.82, 2.24) is 0 Å². The largest absolute Gasteiger partial charge is 0.329 e. The number of nitrogens with two attached hydrogens (primary N) is 1. The van der Waals surface area contributed by atoms with Crippen molar-refractivity contribution in [2.75, 3.05) is 6.54 Å². The standard InChI is InChI=1S/C12H15F2NO/c1-12(2,7-15)10(16)6-8-4-3-5-9(13)11(8)14/h3-5H,6-7,15H2,1-2H3. The van der Waals surface area contributed by atoms with Gasteiger partial charge in [0.25, 0.3) is 0 Å². The Morgan fingerprint density at radius 2 is 2.00 bits per heavy atom. The lowest BCUT2D eigenvalue weighted by molar-refractivity contribution is -0.126. The van der Waals surface area contributed by atoms with E-state index in [1.807, 2.05) is 0 Å². The van der Waals surface area contributed by atoms with Crippen LogP contribution in [0.4, 0.5) is 8.78 Å². The Bertz CT molecular complexity index is 402. The second-order valence-electron chi connectivity index (χ2n) is 4.40. The number of hydrogen-bond acceptors (Lipinski definition) is 2. The molecular formula is C12H15F2NO. The molecule has 0 amide bonds. The molecule has 2 N–H and O–H groups in total. The molecular weight excluding hydrogens is 212 g/mol. The zero-order valence-corrected chi connectivity index (χ0v) is 9.39. The molecule has 0 aromatic heterocycles. The molecule has 0 atom stereocenters. The Balaban J connectivity index is 2.90. The van der Waals surface area contributed by atoms with E-state index in [1.54, 1.807) is 13.8 Å². The molecule has 4 heteroatoms. The number of halogens is 2. The van der Waals surface area contributed by atoms with E-state index in [2.05, 4.69) is 0 Å². The van der Waals surface area contributed by atoms with E-state index in [0.29, 0.717) is 0 Å². The van der Waals surface area contributed by atoms with E-state index >= 15 is 0 Å². The van der Waals surface area contributed by atoms with Crippen molar-refractivity contribution in [3.05, 3.63) is 35.4 Å². The summed E-state index contributed by atoms with van der Waals surface area (Å²) in [7, 11) is 0. The predicted octanol–water partition coefficient (Wildman–Crippen LogP) is 2.06. The summed E-state index contributed by atoms with van der Waals surface area (Å²) in [5, 5.41) is 0. The van der Waals surface area contributed by atoms with Gasteiger partial charge in [-0.3, -0.25) is 4.79 Å². The van der Waals surface area contributed by atoms with Crippen LogP contribution in [0.1, 0.15) is 19.4 Å². The highest BCUT2D eigenvalue weighted by molar-refractivity contribution is 5.86. The maximum absolute atomic E-state index is 13.3. The lowest BCUT2D eigenvalue weighted by atomic mass is 9.85. The molecule has 0 unspecified atom stereocenters. The van der Waals surface area contributed by atoms with Crippen molar-refractivity contribution in [2.45, 2.75) is 20.3 Å². The summed E-state index contributed by atoms with van der Waals surface area (Å²) < 4.78 is 26.2. The molecule has 1 aromatic rings. The third-order valence-corrected chi connectivity index (χ3v) is 2.65. The lowest BCUT2D eigenvalue weighted by Crippen LogP contribution is -2.34. The highest BCUT2D eigenvalue weighted by Gasteiger charge is 2.26. The van der Waals surface area contributed by atoms with Gasteiger partial charge in [0.1, 0.15) is 5.78 Å². The van der Waals surface area contributed by atoms with E-state index in [4.69, 9.17) is 5.73 Å². The molecule has 0 fully saturated rings. The van der Waals surface area contributed by atoms with Crippen LogP contribution in [-0.4, -0.2) is 12.3 Å². The van der Waals surface area contributed by atoms with E-state index < -0.39 is 17.0 Å². The minimum absolute atomic E-state index is 0.0755. The molecule has 0 spiro atoms. The Labute approximate surface area is 93.5 Å². The third-order valence-electron chi connectivity index (χ3n) is 2.65. The van der Waals surface area contributed by atoms with Crippen molar-refractivity contribution in [2.24, 2.45) is 11.1 Å². The first-order chi connectivity index (χ1) is 7.38. The second kappa shape index (κ2) is 4.70. The SMILES string of the molecule is CC(C)(CN)C(=O)Cc1cccc(F)c1F. The molecule has 0 saturated heterocycles. The van der Waals surface area contributed by atoms with E-state index in [0.717, 1.165) is 6.07 Å². The quantitative estimate of drug-likeness (QED) is 0.855. The van der Waals surface area contributed by atoms with Crippen molar-refractivity contribution in [3.63, 3.8) is 0 Å². The first-order valence-electron chi connectivity index (χ1n) is 5.05. The van der Waals surface area contributed by atoms with Crippen LogP contribution in [0.15, 0.2) is 18.2 Å². The second-order valence-corrected chi connectivity index (χ2v) is 4.40. The lowest BCUT2D eigenvalue weighted by Gasteiger charge is -2.20. The van der Waals surface area contributed by atoms with E-state index in [-0.39, 0.29) is 24.3 Å².